The molecule has 4 aromatic heterocycles. The molecule has 6 aromatic rings. The van der Waals surface area contributed by atoms with E-state index in [1.165, 1.54) is 6.33 Å². The summed E-state index contributed by atoms with van der Waals surface area (Å²) in [6.07, 6.45) is 1.44. The number of thiazole rings is 1. The molecule has 0 spiro atoms. The Bertz CT molecular complexity index is 1830. The van der Waals surface area contributed by atoms with Gasteiger partial charge in [0.1, 0.15) is 17.8 Å². The lowest BCUT2D eigenvalue weighted by molar-refractivity contribution is 0.652. The minimum Gasteiger partial charge on any atom is -0.383 e. The Kier molecular flexibility index (Phi) is 4.78. The van der Waals surface area contributed by atoms with E-state index in [0.29, 0.717) is 29.1 Å². The Labute approximate surface area is 203 Å². The molecular formula is C25H22N8OS. The molecule has 0 radical (unpaired) electrons. The quantitative estimate of drug-likeness (QED) is 0.391. The maximum atomic E-state index is 13.1. The summed E-state index contributed by atoms with van der Waals surface area (Å²) < 4.78 is 4.50. The summed E-state index contributed by atoms with van der Waals surface area (Å²) >= 11 is 1.57. The molecule has 0 saturated heterocycles. The van der Waals surface area contributed by atoms with Gasteiger partial charge >= 0.3 is 0 Å². The first kappa shape index (κ1) is 21.2. The number of fused-ring (bicyclic) bond motifs is 3. The Morgan fingerprint density at radius 3 is 2.80 bits per heavy atom. The fourth-order valence-corrected chi connectivity index (χ4v) is 5.36. The number of hydrogen-bond donors (Lipinski definition) is 2. The molecule has 6 rings (SSSR count). The monoisotopic (exact) mass is 482 g/mol. The van der Waals surface area contributed by atoms with E-state index in [1.807, 2.05) is 50.4 Å². The Morgan fingerprint density at radius 2 is 1.97 bits per heavy atom. The number of nitrogens with zero attached hydrogens (tertiary/aromatic N) is 6. The van der Waals surface area contributed by atoms with Crippen molar-refractivity contribution in [3.05, 3.63) is 70.4 Å². The van der Waals surface area contributed by atoms with E-state index in [1.54, 1.807) is 27.6 Å². The number of hydrogen-bond acceptors (Lipinski definition) is 8. The van der Waals surface area contributed by atoms with Crippen molar-refractivity contribution >= 4 is 54.3 Å². The largest absolute Gasteiger partial charge is 0.383 e. The van der Waals surface area contributed by atoms with Crippen molar-refractivity contribution in [3.63, 3.8) is 0 Å². The third kappa shape index (κ3) is 3.33. The fraction of sp³-hybridized carbons (Fsp3) is 0.160. The highest BCUT2D eigenvalue weighted by Gasteiger charge is 2.19. The third-order valence-corrected chi connectivity index (χ3v) is 7.36. The van der Waals surface area contributed by atoms with Gasteiger partial charge in [-0.2, -0.15) is 5.10 Å². The molecule has 0 saturated carbocycles. The second-order valence-corrected chi connectivity index (χ2v) is 9.48. The number of anilines is 2. The van der Waals surface area contributed by atoms with Crippen molar-refractivity contribution in [3.8, 4) is 11.3 Å². The van der Waals surface area contributed by atoms with Gasteiger partial charge in [0, 0.05) is 25.4 Å². The Hall–Kier alpha value is -4.31. The highest BCUT2D eigenvalue weighted by atomic mass is 32.1. The molecule has 0 atom stereocenters. The van der Waals surface area contributed by atoms with Gasteiger partial charge in [-0.25, -0.2) is 19.6 Å². The summed E-state index contributed by atoms with van der Waals surface area (Å²) in [6.45, 7) is 2.31. The number of pyridine rings is 1. The van der Waals surface area contributed by atoms with Crippen LogP contribution in [-0.2, 0) is 13.6 Å². The predicted octanol–water partition coefficient (Wildman–Crippen LogP) is 3.94. The van der Waals surface area contributed by atoms with Gasteiger partial charge in [0.25, 0.3) is 5.56 Å². The van der Waals surface area contributed by atoms with Crippen LogP contribution in [0.2, 0.25) is 0 Å². The zero-order valence-corrected chi connectivity index (χ0v) is 20.2. The van der Waals surface area contributed by atoms with Gasteiger partial charge in [-0.15, -0.1) is 0 Å². The van der Waals surface area contributed by atoms with Crippen LogP contribution in [0.3, 0.4) is 0 Å². The molecule has 3 N–H and O–H groups in total. The van der Waals surface area contributed by atoms with Crippen molar-refractivity contribution in [2.75, 3.05) is 18.1 Å². The SMILES string of the molecule is CNc1nc2ccc(-c3nn(Cc4cc5cccc(C)c5c(=O)n4C)c4ncnc(N)c34)cc2s1. The van der Waals surface area contributed by atoms with Gasteiger partial charge in [0.15, 0.2) is 10.8 Å². The molecule has 0 unspecified atom stereocenters. The van der Waals surface area contributed by atoms with Crippen molar-refractivity contribution in [2.45, 2.75) is 13.5 Å². The average Bonchev–Trinajstić information content (AvgIpc) is 3.44. The molecule has 0 aliphatic heterocycles. The molecule has 9 nitrogen and oxygen atoms in total. The van der Waals surface area contributed by atoms with Crippen molar-refractivity contribution < 1.29 is 0 Å². The first-order valence-corrected chi connectivity index (χ1v) is 11.9. The summed E-state index contributed by atoms with van der Waals surface area (Å²) in [7, 11) is 3.64. The summed E-state index contributed by atoms with van der Waals surface area (Å²) in [5.41, 5.74) is 11.2. The normalized spacial score (nSPS) is 11.6. The average molecular weight is 483 g/mol. The fourth-order valence-electron chi connectivity index (χ4n) is 4.50. The van der Waals surface area contributed by atoms with E-state index < -0.39 is 0 Å². The molecule has 0 aliphatic rings. The van der Waals surface area contributed by atoms with E-state index in [0.717, 1.165) is 42.9 Å². The van der Waals surface area contributed by atoms with Gasteiger partial charge in [-0.3, -0.25) is 4.79 Å². The van der Waals surface area contributed by atoms with Crippen LogP contribution >= 0.6 is 11.3 Å². The zero-order chi connectivity index (χ0) is 24.3. The molecule has 0 fully saturated rings. The molecule has 4 heterocycles. The van der Waals surface area contributed by atoms with Crippen LogP contribution in [0, 0.1) is 6.92 Å². The number of nitrogen functional groups attached to an aromatic ring is 1. The zero-order valence-electron chi connectivity index (χ0n) is 19.4. The van der Waals surface area contributed by atoms with E-state index in [4.69, 9.17) is 10.8 Å². The lowest BCUT2D eigenvalue weighted by atomic mass is 10.1. The highest BCUT2D eigenvalue weighted by molar-refractivity contribution is 7.22. The van der Waals surface area contributed by atoms with Crippen molar-refractivity contribution in [1.29, 1.82) is 0 Å². The molecule has 0 amide bonds. The highest BCUT2D eigenvalue weighted by Crippen LogP contribution is 2.34. The Morgan fingerprint density at radius 1 is 1.11 bits per heavy atom. The van der Waals surface area contributed by atoms with Crippen molar-refractivity contribution in [2.24, 2.45) is 7.05 Å². The molecule has 2 aromatic carbocycles. The summed E-state index contributed by atoms with van der Waals surface area (Å²) in [4.78, 5) is 26.4. The van der Waals surface area contributed by atoms with Gasteiger partial charge in [-0.05, 0) is 36.1 Å². The van der Waals surface area contributed by atoms with Crippen LogP contribution in [0.1, 0.15) is 11.3 Å². The topological polar surface area (TPSA) is 117 Å². The first-order chi connectivity index (χ1) is 16.9. The van der Waals surface area contributed by atoms with Crippen LogP contribution in [-0.4, -0.2) is 36.3 Å². The summed E-state index contributed by atoms with van der Waals surface area (Å²) in [5, 5.41) is 11.2. The number of aryl methyl sites for hydroxylation is 1. The van der Waals surface area contributed by atoms with E-state index in [-0.39, 0.29) is 5.56 Å². The van der Waals surface area contributed by atoms with Crippen molar-refractivity contribution in [1.82, 2.24) is 29.3 Å². The standard InChI is InChI=1S/C25H22N8OS/c1-13-5-4-6-14-9-16(32(3)24(34)19(13)14)11-33-23-20(22(26)28-12-29-23)21(31-33)15-7-8-17-18(10-15)35-25(27-2)30-17/h4-10,12H,11H2,1-3H3,(H,27,30)(H2,26,28,29). The molecular weight excluding hydrogens is 460 g/mol. The molecule has 10 heteroatoms. The molecule has 174 valence electrons. The smallest absolute Gasteiger partial charge is 0.258 e. The van der Waals surface area contributed by atoms with Crippen LogP contribution in [0.25, 0.3) is 43.3 Å². The van der Waals surface area contributed by atoms with Gasteiger partial charge in [-0.1, -0.05) is 35.6 Å². The number of rotatable bonds is 4. The number of aromatic nitrogens is 6. The van der Waals surface area contributed by atoms with E-state index in [2.05, 4.69) is 26.3 Å². The molecule has 0 aliphatic carbocycles. The minimum atomic E-state index is -0.0302. The summed E-state index contributed by atoms with van der Waals surface area (Å²) in [6, 6.07) is 13.9. The summed E-state index contributed by atoms with van der Waals surface area (Å²) in [5.74, 6) is 0.361. The predicted molar refractivity (Wildman–Crippen MR) is 141 cm³/mol. The van der Waals surface area contributed by atoms with Crippen LogP contribution in [0.5, 0.6) is 0 Å². The lowest BCUT2D eigenvalue weighted by Crippen LogP contribution is -2.23. The lowest BCUT2D eigenvalue weighted by Gasteiger charge is -2.12. The minimum absolute atomic E-state index is 0.0302. The molecule has 35 heavy (non-hydrogen) atoms. The maximum Gasteiger partial charge on any atom is 0.258 e. The third-order valence-electron chi connectivity index (χ3n) is 6.32. The van der Waals surface area contributed by atoms with Crippen LogP contribution in [0.15, 0.2) is 53.6 Å². The second-order valence-electron chi connectivity index (χ2n) is 8.45. The molecule has 0 bridgehead atoms. The van der Waals surface area contributed by atoms with E-state index >= 15 is 0 Å². The van der Waals surface area contributed by atoms with Gasteiger partial charge in [0.2, 0.25) is 0 Å². The van der Waals surface area contributed by atoms with Crippen LogP contribution < -0.4 is 16.6 Å². The van der Waals surface area contributed by atoms with Crippen LogP contribution in [0.4, 0.5) is 10.9 Å². The number of nitrogens with one attached hydrogen (secondary N) is 1. The first-order valence-electron chi connectivity index (χ1n) is 11.1. The number of nitrogens with two attached hydrogens (primary N) is 1. The van der Waals surface area contributed by atoms with E-state index in [9.17, 15) is 4.79 Å². The van der Waals surface area contributed by atoms with Gasteiger partial charge < -0.3 is 15.6 Å². The second kappa shape index (κ2) is 7.88. The van der Waals surface area contributed by atoms with Gasteiger partial charge in [0.05, 0.1) is 27.5 Å². The number of benzene rings is 2. The Balaban J connectivity index is 1.53. The maximum absolute atomic E-state index is 13.1.